The molecule has 0 aliphatic heterocycles. The van der Waals surface area contributed by atoms with Crippen LogP contribution in [0.4, 0.5) is 0 Å². The summed E-state index contributed by atoms with van der Waals surface area (Å²) in [6.07, 6.45) is 1.59. The molecule has 0 aromatic heterocycles. The molecule has 1 aliphatic rings. The van der Waals surface area contributed by atoms with E-state index in [9.17, 15) is 9.90 Å². The molecule has 0 bridgehead atoms. The highest BCUT2D eigenvalue weighted by Gasteiger charge is 2.18. The number of carbonyl (C=O) groups excluding carboxylic acids is 1. The Bertz CT molecular complexity index is 293. The van der Waals surface area contributed by atoms with Crippen LogP contribution in [0.15, 0.2) is 35.1 Å². The van der Waals surface area contributed by atoms with Gasteiger partial charge < -0.3 is 5.11 Å². The van der Waals surface area contributed by atoms with Crippen molar-refractivity contribution < 1.29 is 9.90 Å². The number of allylic oxidation sites excluding steroid dienone is 3. The number of aliphatic hydroxyl groups is 1. The van der Waals surface area contributed by atoms with Crippen molar-refractivity contribution in [3.63, 3.8) is 0 Å². The van der Waals surface area contributed by atoms with Gasteiger partial charge in [-0.25, -0.2) is 0 Å². The first-order chi connectivity index (χ1) is 5.04. The highest BCUT2D eigenvalue weighted by molar-refractivity contribution is 6.09. The van der Waals surface area contributed by atoms with Crippen LogP contribution in [-0.2, 0) is 4.79 Å². The van der Waals surface area contributed by atoms with Gasteiger partial charge in [0.05, 0.1) is 0 Å². The summed E-state index contributed by atoms with van der Waals surface area (Å²) in [4.78, 5) is 11.2. The number of ketones is 1. The fourth-order valence-corrected chi connectivity index (χ4v) is 1.04. The van der Waals surface area contributed by atoms with Crippen LogP contribution >= 0.6 is 0 Å². The zero-order valence-electron chi connectivity index (χ0n) is 6.64. The van der Waals surface area contributed by atoms with Crippen molar-refractivity contribution in [2.45, 2.75) is 13.8 Å². The lowest BCUT2D eigenvalue weighted by Gasteiger charge is -2.11. The van der Waals surface area contributed by atoms with E-state index in [-0.39, 0.29) is 11.5 Å². The highest BCUT2D eigenvalue weighted by atomic mass is 16.3. The molecule has 0 heterocycles. The molecular formula is C9H10O2. The molecule has 11 heavy (non-hydrogen) atoms. The third kappa shape index (κ3) is 1.11. The van der Waals surface area contributed by atoms with Crippen molar-refractivity contribution in [2.24, 2.45) is 0 Å². The standard InChI is InChI=1S/C9H10O2/c1-5-4-6(2)9(11)7(3)8(5)10/h4,10H,1H2,2-3H3. The second-order valence-corrected chi connectivity index (χ2v) is 2.66. The largest absolute Gasteiger partial charge is 0.507 e. The fourth-order valence-electron chi connectivity index (χ4n) is 1.04. The fraction of sp³-hybridized carbons (Fsp3) is 0.222. The predicted octanol–water partition coefficient (Wildman–Crippen LogP) is 1.90. The Balaban J connectivity index is 3.19. The van der Waals surface area contributed by atoms with Gasteiger partial charge in [0.25, 0.3) is 0 Å². The molecule has 0 amide bonds. The third-order valence-corrected chi connectivity index (χ3v) is 1.75. The molecule has 0 spiro atoms. The van der Waals surface area contributed by atoms with E-state index in [1.807, 2.05) is 0 Å². The Labute approximate surface area is 65.5 Å². The maximum Gasteiger partial charge on any atom is 0.188 e. The molecule has 0 aromatic carbocycles. The maximum absolute atomic E-state index is 11.2. The Morgan fingerprint density at radius 3 is 2.55 bits per heavy atom. The Morgan fingerprint density at radius 1 is 1.45 bits per heavy atom. The SMILES string of the molecule is C=C1C=C(C)C(=O)C(C)=C1O. The molecule has 58 valence electrons. The number of hydrogen-bond donors (Lipinski definition) is 1. The van der Waals surface area contributed by atoms with Crippen molar-refractivity contribution in [2.75, 3.05) is 0 Å². The molecule has 2 nitrogen and oxygen atoms in total. The van der Waals surface area contributed by atoms with Gasteiger partial charge in [0, 0.05) is 11.1 Å². The molecule has 2 heteroatoms. The van der Waals surface area contributed by atoms with Gasteiger partial charge in [0.1, 0.15) is 5.76 Å². The van der Waals surface area contributed by atoms with Gasteiger partial charge in [-0.05, 0) is 25.5 Å². The van der Waals surface area contributed by atoms with E-state index in [2.05, 4.69) is 6.58 Å². The van der Waals surface area contributed by atoms with Crippen molar-refractivity contribution in [3.05, 3.63) is 35.1 Å². The van der Waals surface area contributed by atoms with Gasteiger partial charge in [-0.3, -0.25) is 4.79 Å². The second kappa shape index (κ2) is 2.38. The summed E-state index contributed by atoms with van der Waals surface area (Å²) in [6, 6.07) is 0. The first kappa shape index (κ1) is 7.79. The van der Waals surface area contributed by atoms with Crippen molar-refractivity contribution >= 4 is 5.78 Å². The molecular weight excluding hydrogens is 140 g/mol. The van der Waals surface area contributed by atoms with Crippen LogP contribution in [-0.4, -0.2) is 10.9 Å². The molecule has 0 saturated heterocycles. The molecule has 0 saturated carbocycles. The first-order valence-electron chi connectivity index (χ1n) is 3.36. The number of aliphatic hydroxyl groups excluding tert-OH is 1. The molecule has 0 fully saturated rings. The smallest absolute Gasteiger partial charge is 0.188 e. The number of Topliss-reactive ketones (excluding diaryl/α,β-unsaturated/α-hetero) is 1. The average molecular weight is 150 g/mol. The van der Waals surface area contributed by atoms with Crippen molar-refractivity contribution in [3.8, 4) is 0 Å². The molecule has 1 N–H and O–H groups in total. The number of hydrogen-bond acceptors (Lipinski definition) is 2. The minimum absolute atomic E-state index is 0.0144. The summed E-state index contributed by atoms with van der Waals surface area (Å²) in [5.41, 5.74) is 1.53. The zero-order valence-corrected chi connectivity index (χ0v) is 6.64. The average Bonchev–Trinajstić information content (AvgIpc) is 1.97. The molecule has 1 rings (SSSR count). The summed E-state index contributed by atoms with van der Waals surface area (Å²) in [7, 11) is 0. The summed E-state index contributed by atoms with van der Waals surface area (Å²) < 4.78 is 0. The first-order valence-corrected chi connectivity index (χ1v) is 3.36. The molecule has 1 aliphatic carbocycles. The van der Waals surface area contributed by atoms with E-state index >= 15 is 0 Å². The van der Waals surface area contributed by atoms with Crippen LogP contribution in [0.1, 0.15) is 13.8 Å². The normalized spacial score (nSPS) is 18.9. The molecule has 0 aromatic rings. The summed E-state index contributed by atoms with van der Waals surface area (Å²) in [6.45, 7) is 6.90. The maximum atomic E-state index is 11.2. The minimum Gasteiger partial charge on any atom is -0.507 e. The van der Waals surface area contributed by atoms with Gasteiger partial charge in [0.2, 0.25) is 0 Å². The monoisotopic (exact) mass is 150 g/mol. The van der Waals surface area contributed by atoms with Gasteiger partial charge in [-0.15, -0.1) is 0 Å². The lowest BCUT2D eigenvalue weighted by atomic mass is 9.95. The molecule has 0 radical (unpaired) electrons. The van der Waals surface area contributed by atoms with E-state index < -0.39 is 0 Å². The number of carbonyl (C=O) groups is 1. The Hall–Kier alpha value is -1.31. The number of rotatable bonds is 0. The second-order valence-electron chi connectivity index (χ2n) is 2.66. The van der Waals surface area contributed by atoms with Gasteiger partial charge in [0.15, 0.2) is 5.78 Å². The summed E-state index contributed by atoms with van der Waals surface area (Å²) in [5, 5.41) is 9.25. The van der Waals surface area contributed by atoms with E-state index in [1.165, 1.54) is 0 Å². The van der Waals surface area contributed by atoms with Crippen LogP contribution in [0.25, 0.3) is 0 Å². The van der Waals surface area contributed by atoms with Crippen molar-refractivity contribution in [1.82, 2.24) is 0 Å². The van der Waals surface area contributed by atoms with Crippen LogP contribution in [0.3, 0.4) is 0 Å². The highest BCUT2D eigenvalue weighted by Crippen LogP contribution is 2.22. The lowest BCUT2D eigenvalue weighted by molar-refractivity contribution is -0.112. The van der Waals surface area contributed by atoms with Gasteiger partial charge in [-0.2, -0.15) is 0 Å². The summed E-state index contributed by atoms with van der Waals surface area (Å²) >= 11 is 0. The van der Waals surface area contributed by atoms with E-state index in [0.29, 0.717) is 16.7 Å². The van der Waals surface area contributed by atoms with Crippen molar-refractivity contribution in [1.29, 1.82) is 0 Å². The van der Waals surface area contributed by atoms with Crippen LogP contribution in [0.5, 0.6) is 0 Å². The minimum atomic E-state index is -0.102. The molecule has 0 unspecified atom stereocenters. The van der Waals surface area contributed by atoms with E-state index in [1.54, 1.807) is 19.9 Å². The third-order valence-electron chi connectivity index (χ3n) is 1.75. The Morgan fingerprint density at radius 2 is 2.00 bits per heavy atom. The topological polar surface area (TPSA) is 37.3 Å². The lowest BCUT2D eigenvalue weighted by Crippen LogP contribution is -2.10. The zero-order chi connectivity index (χ0) is 8.59. The van der Waals surface area contributed by atoms with Crippen LogP contribution < -0.4 is 0 Å². The quantitative estimate of drug-likeness (QED) is 0.572. The van der Waals surface area contributed by atoms with Gasteiger partial charge in [-0.1, -0.05) is 6.58 Å². The van der Waals surface area contributed by atoms with Crippen LogP contribution in [0, 0.1) is 0 Å². The van der Waals surface area contributed by atoms with E-state index in [4.69, 9.17) is 0 Å². The predicted molar refractivity (Wildman–Crippen MR) is 43.2 cm³/mol. The van der Waals surface area contributed by atoms with E-state index in [0.717, 1.165) is 0 Å². The molecule has 0 atom stereocenters. The van der Waals surface area contributed by atoms with Crippen LogP contribution in [0.2, 0.25) is 0 Å². The summed E-state index contributed by atoms with van der Waals surface area (Å²) in [5.74, 6) is -0.0875. The van der Waals surface area contributed by atoms with Gasteiger partial charge >= 0.3 is 0 Å². The Kier molecular flexibility index (Phi) is 1.69.